The van der Waals surface area contributed by atoms with Crippen LogP contribution in [0.1, 0.15) is 12.5 Å². The van der Waals surface area contributed by atoms with Crippen molar-refractivity contribution < 1.29 is 9.84 Å². The number of rotatable bonds is 2. The minimum absolute atomic E-state index is 0.197. The van der Waals surface area contributed by atoms with Gasteiger partial charge in [0.1, 0.15) is 11.5 Å². The highest BCUT2D eigenvalue weighted by Gasteiger charge is 2.09. The number of nitrogens with zero attached hydrogens (tertiary/aromatic N) is 1. The van der Waals surface area contributed by atoms with Crippen molar-refractivity contribution in [1.82, 2.24) is 0 Å². The molecule has 0 amide bonds. The summed E-state index contributed by atoms with van der Waals surface area (Å²) in [6.45, 7) is 1.83. The van der Waals surface area contributed by atoms with Crippen molar-refractivity contribution in [3.8, 4) is 11.5 Å². The first kappa shape index (κ1) is 9.58. The Morgan fingerprint density at radius 2 is 2.15 bits per heavy atom. The van der Waals surface area contributed by atoms with Gasteiger partial charge in [0.25, 0.3) is 0 Å². The Kier molecular flexibility index (Phi) is 2.90. The molecule has 0 bridgehead atoms. The van der Waals surface area contributed by atoms with Crippen molar-refractivity contribution in [3.05, 3.63) is 23.8 Å². The van der Waals surface area contributed by atoms with E-state index >= 15 is 0 Å². The van der Waals surface area contributed by atoms with E-state index in [0.717, 1.165) is 5.71 Å². The number of methoxy groups -OCH3 is 1. The lowest BCUT2D eigenvalue weighted by atomic mass is 10.1. The molecule has 0 aliphatic heterocycles. The second kappa shape index (κ2) is 3.94. The summed E-state index contributed by atoms with van der Waals surface area (Å²) >= 11 is 0. The molecule has 0 aromatic heterocycles. The third kappa shape index (κ3) is 1.80. The number of benzene rings is 1. The van der Waals surface area contributed by atoms with Gasteiger partial charge in [0, 0.05) is 12.8 Å². The average molecular weight is 179 g/mol. The van der Waals surface area contributed by atoms with Gasteiger partial charge in [-0.3, -0.25) is 4.99 Å². The molecule has 13 heavy (non-hydrogen) atoms. The third-order valence-electron chi connectivity index (χ3n) is 1.92. The molecular weight excluding hydrogens is 166 g/mol. The summed E-state index contributed by atoms with van der Waals surface area (Å²) in [5.41, 5.74) is 1.42. The molecule has 3 heteroatoms. The molecule has 1 aromatic rings. The van der Waals surface area contributed by atoms with Gasteiger partial charge in [0.05, 0.1) is 12.7 Å². The highest BCUT2D eigenvalue weighted by Crippen LogP contribution is 2.27. The predicted octanol–water partition coefficient (Wildman–Crippen LogP) is 1.84. The van der Waals surface area contributed by atoms with E-state index in [0.29, 0.717) is 11.3 Å². The van der Waals surface area contributed by atoms with Crippen LogP contribution in [0.5, 0.6) is 11.5 Å². The summed E-state index contributed by atoms with van der Waals surface area (Å²) in [5, 5.41) is 9.56. The summed E-state index contributed by atoms with van der Waals surface area (Å²) in [4.78, 5) is 4.00. The van der Waals surface area contributed by atoms with Crippen molar-refractivity contribution >= 4 is 5.71 Å². The third-order valence-corrected chi connectivity index (χ3v) is 1.92. The summed E-state index contributed by atoms with van der Waals surface area (Å²) in [6, 6.07) is 5.15. The van der Waals surface area contributed by atoms with Gasteiger partial charge in [0.15, 0.2) is 0 Å². The van der Waals surface area contributed by atoms with Crippen molar-refractivity contribution in [1.29, 1.82) is 0 Å². The maximum Gasteiger partial charge on any atom is 0.131 e. The largest absolute Gasteiger partial charge is 0.507 e. The molecule has 1 aromatic carbocycles. The Hall–Kier alpha value is -1.51. The minimum Gasteiger partial charge on any atom is -0.507 e. The van der Waals surface area contributed by atoms with Crippen molar-refractivity contribution in [3.63, 3.8) is 0 Å². The van der Waals surface area contributed by atoms with Crippen LogP contribution in [-0.4, -0.2) is 25.0 Å². The van der Waals surface area contributed by atoms with Crippen LogP contribution in [-0.2, 0) is 0 Å². The van der Waals surface area contributed by atoms with Gasteiger partial charge < -0.3 is 9.84 Å². The molecular formula is C10H13NO2. The smallest absolute Gasteiger partial charge is 0.131 e. The van der Waals surface area contributed by atoms with Crippen LogP contribution >= 0.6 is 0 Å². The Balaban J connectivity index is 3.31. The normalized spacial score (nSPS) is 11.5. The zero-order valence-electron chi connectivity index (χ0n) is 8.03. The number of phenolic OH excluding ortho intramolecular Hbond substituents is 1. The van der Waals surface area contributed by atoms with Crippen molar-refractivity contribution in [2.45, 2.75) is 6.92 Å². The van der Waals surface area contributed by atoms with Crippen LogP contribution < -0.4 is 4.74 Å². The fraction of sp³-hybridized carbons (Fsp3) is 0.300. The quantitative estimate of drug-likeness (QED) is 0.704. The molecule has 0 saturated carbocycles. The first-order valence-corrected chi connectivity index (χ1v) is 4.00. The van der Waals surface area contributed by atoms with Crippen LogP contribution in [0.4, 0.5) is 0 Å². The minimum atomic E-state index is 0.197. The SMILES string of the molecule is C/N=C(\C)c1c(O)cccc1OC. The molecule has 0 heterocycles. The zero-order chi connectivity index (χ0) is 9.84. The van der Waals surface area contributed by atoms with Gasteiger partial charge in [-0.05, 0) is 19.1 Å². The fourth-order valence-electron chi connectivity index (χ4n) is 1.17. The molecule has 0 fully saturated rings. The monoisotopic (exact) mass is 179 g/mol. The molecule has 0 aliphatic carbocycles. The number of ether oxygens (including phenoxy) is 1. The fourth-order valence-corrected chi connectivity index (χ4v) is 1.17. The standard InChI is InChI=1S/C10H13NO2/c1-7(11-2)10-8(12)5-4-6-9(10)13-3/h4-6,12H,1-3H3/b11-7+. The van der Waals surface area contributed by atoms with E-state index in [2.05, 4.69) is 4.99 Å². The molecule has 0 radical (unpaired) electrons. The van der Waals surface area contributed by atoms with E-state index in [-0.39, 0.29) is 5.75 Å². The number of hydrogen-bond donors (Lipinski definition) is 1. The molecule has 1 N–H and O–H groups in total. The van der Waals surface area contributed by atoms with E-state index in [1.165, 1.54) is 0 Å². The lowest BCUT2D eigenvalue weighted by molar-refractivity contribution is 0.406. The lowest BCUT2D eigenvalue weighted by Crippen LogP contribution is -1.99. The maximum atomic E-state index is 9.56. The van der Waals surface area contributed by atoms with Gasteiger partial charge in [-0.2, -0.15) is 0 Å². The van der Waals surface area contributed by atoms with Crippen LogP contribution in [0, 0.1) is 0 Å². The van der Waals surface area contributed by atoms with E-state index in [1.807, 2.05) is 6.92 Å². The number of phenols is 1. The van der Waals surface area contributed by atoms with Gasteiger partial charge in [-0.1, -0.05) is 6.07 Å². The lowest BCUT2D eigenvalue weighted by Gasteiger charge is -2.08. The maximum absolute atomic E-state index is 9.56. The zero-order valence-corrected chi connectivity index (χ0v) is 8.03. The molecule has 0 atom stereocenters. The van der Waals surface area contributed by atoms with Crippen LogP contribution in [0.25, 0.3) is 0 Å². The number of aromatic hydroxyl groups is 1. The Labute approximate surface area is 77.7 Å². The summed E-state index contributed by atoms with van der Waals surface area (Å²) in [7, 11) is 3.25. The van der Waals surface area contributed by atoms with Gasteiger partial charge in [-0.15, -0.1) is 0 Å². The molecule has 70 valence electrons. The molecule has 0 saturated heterocycles. The first-order valence-electron chi connectivity index (χ1n) is 4.00. The van der Waals surface area contributed by atoms with Gasteiger partial charge in [0.2, 0.25) is 0 Å². The Morgan fingerprint density at radius 1 is 1.46 bits per heavy atom. The van der Waals surface area contributed by atoms with E-state index in [9.17, 15) is 5.11 Å². The van der Waals surface area contributed by atoms with Crippen LogP contribution in [0.3, 0.4) is 0 Å². The second-order valence-electron chi connectivity index (χ2n) is 2.66. The van der Waals surface area contributed by atoms with E-state index < -0.39 is 0 Å². The Bertz CT molecular complexity index is 332. The average Bonchev–Trinajstić information content (AvgIpc) is 2.16. The van der Waals surface area contributed by atoms with Crippen LogP contribution in [0.2, 0.25) is 0 Å². The van der Waals surface area contributed by atoms with E-state index in [1.54, 1.807) is 32.4 Å². The molecule has 0 unspecified atom stereocenters. The van der Waals surface area contributed by atoms with Crippen molar-refractivity contribution in [2.24, 2.45) is 4.99 Å². The predicted molar refractivity (Wildman–Crippen MR) is 52.8 cm³/mol. The number of hydrogen-bond acceptors (Lipinski definition) is 3. The number of aliphatic imine (C=N–C) groups is 1. The first-order chi connectivity index (χ1) is 6.20. The summed E-state index contributed by atoms with van der Waals surface area (Å²) in [6.07, 6.45) is 0. The molecule has 3 nitrogen and oxygen atoms in total. The molecule has 0 spiro atoms. The summed E-state index contributed by atoms with van der Waals surface area (Å²) in [5.74, 6) is 0.838. The second-order valence-corrected chi connectivity index (χ2v) is 2.66. The van der Waals surface area contributed by atoms with Crippen LogP contribution in [0.15, 0.2) is 23.2 Å². The highest BCUT2D eigenvalue weighted by atomic mass is 16.5. The topological polar surface area (TPSA) is 41.8 Å². The Morgan fingerprint density at radius 3 is 2.69 bits per heavy atom. The summed E-state index contributed by atoms with van der Waals surface area (Å²) < 4.78 is 5.11. The van der Waals surface area contributed by atoms with Gasteiger partial charge >= 0.3 is 0 Å². The molecule has 1 rings (SSSR count). The van der Waals surface area contributed by atoms with Gasteiger partial charge in [-0.25, -0.2) is 0 Å². The van der Waals surface area contributed by atoms with E-state index in [4.69, 9.17) is 4.74 Å². The highest BCUT2D eigenvalue weighted by molar-refractivity contribution is 6.03. The molecule has 0 aliphatic rings. The van der Waals surface area contributed by atoms with Crippen molar-refractivity contribution in [2.75, 3.05) is 14.2 Å².